The lowest BCUT2D eigenvalue weighted by molar-refractivity contribution is -0.122. The minimum atomic E-state index is -5.93. The fourth-order valence-electron chi connectivity index (χ4n) is 3.19. The minimum absolute atomic E-state index is 0.123. The SMILES string of the molecule is CC(C)NC(=O)Cn1c(-c2cccc(Cl)c2)c(I)c2ccc(OS(=O)(=O)C(F)(F)F)cc2c1=O. The highest BCUT2D eigenvalue weighted by molar-refractivity contribution is 14.1. The summed E-state index contributed by atoms with van der Waals surface area (Å²) >= 11 is 8.06. The first-order valence-electron chi connectivity index (χ1n) is 9.63. The Bertz CT molecular complexity index is 1440. The van der Waals surface area contributed by atoms with Crippen molar-refractivity contribution in [2.75, 3.05) is 0 Å². The van der Waals surface area contributed by atoms with Crippen molar-refractivity contribution in [2.45, 2.75) is 31.9 Å². The number of nitrogens with zero attached hydrogens (tertiary/aromatic N) is 1. The number of amides is 1. The highest BCUT2D eigenvalue weighted by Gasteiger charge is 2.48. The zero-order chi connectivity index (χ0) is 25.4. The van der Waals surface area contributed by atoms with Crippen LogP contribution in [0.1, 0.15) is 13.8 Å². The number of benzene rings is 2. The quantitative estimate of drug-likeness (QED) is 0.243. The van der Waals surface area contributed by atoms with Gasteiger partial charge in [-0.25, -0.2) is 0 Å². The summed E-state index contributed by atoms with van der Waals surface area (Å²) in [4.78, 5) is 25.9. The molecule has 1 N–H and O–H groups in total. The van der Waals surface area contributed by atoms with Crippen LogP contribution in [-0.2, 0) is 21.5 Å². The molecule has 0 aliphatic rings. The third-order valence-corrected chi connectivity index (χ3v) is 6.83. The fourth-order valence-corrected chi connectivity index (χ4v) is 4.91. The normalized spacial score (nSPS) is 12.2. The lowest BCUT2D eigenvalue weighted by Gasteiger charge is -2.18. The van der Waals surface area contributed by atoms with Crippen LogP contribution in [-0.4, -0.2) is 30.4 Å². The standard InChI is InChI=1S/C21H17ClF3IN2O5S/c1-11(2)27-17(29)10-28-19(12-4-3-5-13(22)8-12)18(26)15-7-6-14(9-16(15)20(28)30)33-34(31,32)21(23,24)25/h3-9,11H,10H2,1-2H3,(H,27,29). The monoisotopic (exact) mass is 628 g/mol. The van der Waals surface area contributed by atoms with E-state index in [9.17, 15) is 31.2 Å². The molecule has 0 bridgehead atoms. The van der Waals surface area contributed by atoms with E-state index in [-0.39, 0.29) is 11.4 Å². The van der Waals surface area contributed by atoms with Gasteiger partial charge in [0, 0.05) is 25.6 Å². The van der Waals surface area contributed by atoms with Crippen LogP contribution in [0.4, 0.5) is 13.2 Å². The summed E-state index contributed by atoms with van der Waals surface area (Å²) in [7, 11) is -5.93. The molecule has 0 aliphatic heterocycles. The molecule has 0 unspecified atom stereocenters. The van der Waals surface area contributed by atoms with Crippen molar-refractivity contribution in [1.82, 2.24) is 9.88 Å². The largest absolute Gasteiger partial charge is 0.534 e. The lowest BCUT2D eigenvalue weighted by Crippen LogP contribution is -2.37. The lowest BCUT2D eigenvalue weighted by atomic mass is 10.1. The van der Waals surface area contributed by atoms with Crippen molar-refractivity contribution in [3.63, 3.8) is 0 Å². The number of alkyl halides is 3. The molecule has 1 aromatic heterocycles. The Balaban J connectivity index is 2.27. The van der Waals surface area contributed by atoms with E-state index in [0.29, 0.717) is 25.2 Å². The van der Waals surface area contributed by atoms with Gasteiger partial charge in [-0.15, -0.1) is 0 Å². The second-order valence-electron chi connectivity index (χ2n) is 7.48. The first-order chi connectivity index (χ1) is 15.7. The summed E-state index contributed by atoms with van der Waals surface area (Å²) in [5.74, 6) is -1.16. The van der Waals surface area contributed by atoms with Crippen LogP contribution in [0.2, 0.25) is 5.02 Å². The van der Waals surface area contributed by atoms with Gasteiger partial charge in [0.2, 0.25) is 5.91 Å². The first kappa shape index (κ1) is 26.3. The number of carbonyl (C=O) groups is 1. The summed E-state index contributed by atoms with van der Waals surface area (Å²) in [6.07, 6.45) is 0. The van der Waals surface area contributed by atoms with Gasteiger partial charge in [-0.05, 0) is 66.8 Å². The molecule has 2 aromatic carbocycles. The summed E-state index contributed by atoms with van der Waals surface area (Å²) in [6, 6.07) is 9.61. The predicted molar refractivity (Wildman–Crippen MR) is 130 cm³/mol. The van der Waals surface area contributed by atoms with Crippen molar-refractivity contribution in [1.29, 1.82) is 0 Å². The van der Waals surface area contributed by atoms with Crippen LogP contribution < -0.4 is 15.1 Å². The molecule has 3 aromatic rings. The Morgan fingerprint density at radius 3 is 2.44 bits per heavy atom. The molecule has 0 aliphatic carbocycles. The predicted octanol–water partition coefficient (Wildman–Crippen LogP) is 4.68. The summed E-state index contributed by atoms with van der Waals surface area (Å²) in [6.45, 7) is 3.09. The van der Waals surface area contributed by atoms with Crippen LogP contribution in [0.15, 0.2) is 47.3 Å². The molecule has 0 saturated heterocycles. The van der Waals surface area contributed by atoms with Crippen molar-refractivity contribution >= 4 is 61.0 Å². The van der Waals surface area contributed by atoms with E-state index >= 15 is 0 Å². The molecule has 0 fully saturated rings. The van der Waals surface area contributed by atoms with E-state index in [1.807, 2.05) is 22.6 Å². The van der Waals surface area contributed by atoms with Crippen molar-refractivity contribution in [3.05, 3.63) is 61.4 Å². The van der Waals surface area contributed by atoms with Gasteiger partial charge in [0.25, 0.3) is 5.56 Å². The molecule has 0 spiro atoms. The highest BCUT2D eigenvalue weighted by atomic mass is 127. The topological polar surface area (TPSA) is 94.5 Å². The third kappa shape index (κ3) is 5.49. The van der Waals surface area contributed by atoms with Crippen LogP contribution in [0.25, 0.3) is 22.0 Å². The number of pyridine rings is 1. The second-order valence-corrected chi connectivity index (χ2v) is 10.5. The molecular weight excluding hydrogens is 612 g/mol. The maximum atomic E-state index is 13.4. The maximum Gasteiger partial charge on any atom is 0.534 e. The van der Waals surface area contributed by atoms with Gasteiger partial charge in [-0.3, -0.25) is 14.2 Å². The third-order valence-electron chi connectivity index (χ3n) is 4.52. The molecule has 0 radical (unpaired) electrons. The van der Waals surface area contributed by atoms with Crippen LogP contribution >= 0.6 is 34.2 Å². The summed E-state index contributed by atoms with van der Waals surface area (Å²) in [5.41, 5.74) is -5.45. The number of hydrogen-bond donors (Lipinski definition) is 1. The van der Waals surface area contributed by atoms with Crippen LogP contribution in [0.5, 0.6) is 5.75 Å². The second kappa shape index (κ2) is 9.74. The minimum Gasteiger partial charge on any atom is -0.376 e. The Labute approximate surface area is 211 Å². The molecular formula is C21H17ClF3IN2O5S. The number of fused-ring (bicyclic) bond motifs is 1. The number of carbonyl (C=O) groups excluding carboxylic acids is 1. The maximum absolute atomic E-state index is 13.4. The van der Waals surface area contributed by atoms with Crippen LogP contribution in [0, 0.1) is 3.57 Å². The van der Waals surface area contributed by atoms with Crippen LogP contribution in [0.3, 0.4) is 0 Å². The van der Waals surface area contributed by atoms with Gasteiger partial charge >= 0.3 is 15.6 Å². The highest BCUT2D eigenvalue weighted by Crippen LogP contribution is 2.34. The zero-order valence-electron chi connectivity index (χ0n) is 17.6. The zero-order valence-corrected chi connectivity index (χ0v) is 21.3. The molecule has 182 valence electrons. The Hall–Kier alpha value is -2.32. The molecule has 0 atom stereocenters. The van der Waals surface area contributed by atoms with Gasteiger partial charge < -0.3 is 9.50 Å². The molecule has 1 amide bonds. The van der Waals surface area contributed by atoms with Gasteiger partial charge in [0.1, 0.15) is 12.3 Å². The van der Waals surface area contributed by atoms with E-state index in [1.165, 1.54) is 6.07 Å². The Kier molecular flexibility index (Phi) is 7.53. The fraction of sp³-hybridized carbons (Fsp3) is 0.238. The van der Waals surface area contributed by atoms with E-state index in [0.717, 1.165) is 16.7 Å². The molecule has 3 rings (SSSR count). The van der Waals surface area contributed by atoms with E-state index in [4.69, 9.17) is 11.6 Å². The number of hydrogen-bond acceptors (Lipinski definition) is 5. The van der Waals surface area contributed by atoms with Crippen molar-refractivity contribution < 1.29 is 30.6 Å². The van der Waals surface area contributed by atoms with Crippen molar-refractivity contribution in [3.8, 4) is 17.0 Å². The Morgan fingerprint density at radius 1 is 1.18 bits per heavy atom. The summed E-state index contributed by atoms with van der Waals surface area (Å²) < 4.78 is 66.8. The molecule has 0 saturated carbocycles. The molecule has 34 heavy (non-hydrogen) atoms. The van der Waals surface area contributed by atoms with E-state index in [1.54, 1.807) is 38.1 Å². The number of rotatable bonds is 6. The average molecular weight is 629 g/mol. The number of halogens is 5. The molecule has 1 heterocycles. The van der Waals surface area contributed by atoms with E-state index < -0.39 is 39.4 Å². The molecule has 13 heteroatoms. The van der Waals surface area contributed by atoms with Crippen molar-refractivity contribution in [2.24, 2.45) is 0 Å². The average Bonchev–Trinajstić information content (AvgIpc) is 2.70. The van der Waals surface area contributed by atoms with Gasteiger partial charge in [0.15, 0.2) is 0 Å². The Morgan fingerprint density at radius 2 is 1.85 bits per heavy atom. The van der Waals surface area contributed by atoms with Gasteiger partial charge in [0.05, 0.1) is 11.1 Å². The van der Waals surface area contributed by atoms with E-state index in [2.05, 4.69) is 9.50 Å². The van der Waals surface area contributed by atoms with Gasteiger partial charge in [-0.2, -0.15) is 21.6 Å². The first-order valence-corrected chi connectivity index (χ1v) is 12.5. The number of nitrogens with one attached hydrogen (secondary N) is 1. The summed E-state index contributed by atoms with van der Waals surface area (Å²) in [5, 5.41) is 3.28. The number of aromatic nitrogens is 1. The smallest absolute Gasteiger partial charge is 0.376 e. The molecule has 7 nitrogen and oxygen atoms in total. The van der Waals surface area contributed by atoms with Gasteiger partial charge in [-0.1, -0.05) is 23.7 Å².